The van der Waals surface area contributed by atoms with Gasteiger partial charge in [0.25, 0.3) is 0 Å². The van der Waals surface area contributed by atoms with E-state index in [4.69, 9.17) is 4.74 Å². The molecule has 1 heterocycles. The van der Waals surface area contributed by atoms with Crippen LogP contribution >= 0.6 is 0 Å². The topological polar surface area (TPSA) is 55.0 Å². The number of nitrogens with one attached hydrogen (secondary N) is 1. The highest BCUT2D eigenvalue weighted by Gasteiger charge is 2.15. The minimum absolute atomic E-state index is 0.0632. The third-order valence-corrected chi connectivity index (χ3v) is 3.45. The lowest BCUT2D eigenvalue weighted by molar-refractivity contribution is 0.100. The van der Waals surface area contributed by atoms with E-state index < -0.39 is 0 Å². The largest absolute Gasteiger partial charge is 0.496 e. The molecule has 2 aromatic rings. The van der Waals surface area contributed by atoms with Gasteiger partial charge in [0.2, 0.25) is 0 Å². The third kappa shape index (κ3) is 2.26. The molecule has 2 rings (SSSR count). The summed E-state index contributed by atoms with van der Waals surface area (Å²) >= 11 is 0. The quantitative estimate of drug-likeness (QED) is 0.860. The Morgan fingerprint density at radius 2 is 1.95 bits per heavy atom. The van der Waals surface area contributed by atoms with E-state index in [0.717, 1.165) is 33.7 Å². The SMILES string of the molecule is COc1cc(C)c(-c2cnc(C(C)=O)[nH]2)c(C)c1C. The molecule has 0 saturated carbocycles. The van der Waals surface area contributed by atoms with E-state index >= 15 is 0 Å². The van der Waals surface area contributed by atoms with E-state index in [9.17, 15) is 4.79 Å². The summed E-state index contributed by atoms with van der Waals surface area (Å²) in [5.41, 5.74) is 5.28. The first-order valence-corrected chi connectivity index (χ1v) is 6.16. The number of aryl methyl sites for hydroxylation is 1. The van der Waals surface area contributed by atoms with Crippen molar-refractivity contribution in [2.75, 3.05) is 7.11 Å². The van der Waals surface area contributed by atoms with Gasteiger partial charge in [-0.25, -0.2) is 4.98 Å². The van der Waals surface area contributed by atoms with Gasteiger partial charge >= 0.3 is 0 Å². The van der Waals surface area contributed by atoms with Crippen LogP contribution in [-0.4, -0.2) is 22.9 Å². The lowest BCUT2D eigenvalue weighted by atomic mass is 9.95. The first-order valence-electron chi connectivity index (χ1n) is 6.16. The predicted octanol–water partition coefficient (Wildman–Crippen LogP) is 3.21. The van der Waals surface area contributed by atoms with Crippen molar-refractivity contribution in [1.29, 1.82) is 0 Å². The van der Waals surface area contributed by atoms with Gasteiger partial charge in [0.15, 0.2) is 11.6 Å². The summed E-state index contributed by atoms with van der Waals surface area (Å²) in [6.45, 7) is 7.61. The molecule has 0 unspecified atom stereocenters. The average molecular weight is 258 g/mol. The van der Waals surface area contributed by atoms with Gasteiger partial charge in [0.05, 0.1) is 19.0 Å². The number of carbonyl (C=O) groups is 1. The highest BCUT2D eigenvalue weighted by molar-refractivity contribution is 5.91. The molecular formula is C15H18N2O2. The van der Waals surface area contributed by atoms with Crippen molar-refractivity contribution < 1.29 is 9.53 Å². The summed E-state index contributed by atoms with van der Waals surface area (Å²) in [6.07, 6.45) is 1.71. The third-order valence-electron chi connectivity index (χ3n) is 3.45. The fraction of sp³-hybridized carbons (Fsp3) is 0.333. The molecule has 1 N–H and O–H groups in total. The van der Waals surface area contributed by atoms with Gasteiger partial charge in [-0.15, -0.1) is 0 Å². The van der Waals surface area contributed by atoms with E-state index in [0.29, 0.717) is 5.82 Å². The number of hydrogen-bond acceptors (Lipinski definition) is 3. The normalized spacial score (nSPS) is 10.6. The molecule has 0 amide bonds. The Bertz CT molecular complexity index is 642. The summed E-state index contributed by atoms with van der Waals surface area (Å²) in [7, 11) is 1.67. The van der Waals surface area contributed by atoms with Crippen molar-refractivity contribution in [1.82, 2.24) is 9.97 Å². The molecule has 0 spiro atoms. The minimum Gasteiger partial charge on any atom is -0.496 e. The van der Waals surface area contributed by atoms with Crippen molar-refractivity contribution in [2.24, 2.45) is 0 Å². The van der Waals surface area contributed by atoms with E-state index in [2.05, 4.69) is 16.9 Å². The number of Topliss-reactive ketones (excluding diaryl/α,β-unsaturated/α-hetero) is 1. The molecular weight excluding hydrogens is 240 g/mol. The second-order valence-corrected chi connectivity index (χ2v) is 4.72. The Hall–Kier alpha value is -2.10. The summed E-state index contributed by atoms with van der Waals surface area (Å²) in [4.78, 5) is 18.5. The monoisotopic (exact) mass is 258 g/mol. The number of methoxy groups -OCH3 is 1. The number of H-pyrrole nitrogens is 1. The summed E-state index contributed by atoms with van der Waals surface area (Å²) < 4.78 is 5.36. The Balaban J connectivity index is 2.61. The van der Waals surface area contributed by atoms with Crippen LogP contribution in [0.4, 0.5) is 0 Å². The summed E-state index contributed by atoms with van der Waals surface area (Å²) in [6, 6.07) is 2.01. The van der Waals surface area contributed by atoms with Crippen LogP contribution in [0.15, 0.2) is 12.3 Å². The van der Waals surface area contributed by atoms with Gasteiger partial charge in [0, 0.05) is 12.5 Å². The first kappa shape index (κ1) is 13.3. The van der Waals surface area contributed by atoms with Gasteiger partial charge in [-0.3, -0.25) is 4.79 Å². The van der Waals surface area contributed by atoms with E-state index in [-0.39, 0.29) is 5.78 Å². The van der Waals surface area contributed by atoms with Crippen LogP contribution in [0.25, 0.3) is 11.3 Å². The zero-order chi connectivity index (χ0) is 14.2. The molecule has 1 aromatic heterocycles. The Morgan fingerprint density at radius 3 is 2.47 bits per heavy atom. The van der Waals surface area contributed by atoms with Gasteiger partial charge < -0.3 is 9.72 Å². The molecule has 0 radical (unpaired) electrons. The number of rotatable bonds is 3. The predicted molar refractivity (Wildman–Crippen MR) is 74.8 cm³/mol. The summed E-state index contributed by atoms with van der Waals surface area (Å²) in [5.74, 6) is 1.21. The second-order valence-electron chi connectivity index (χ2n) is 4.72. The smallest absolute Gasteiger partial charge is 0.194 e. The van der Waals surface area contributed by atoms with Gasteiger partial charge in [-0.2, -0.15) is 0 Å². The number of benzene rings is 1. The Kier molecular flexibility index (Phi) is 3.42. The molecule has 0 bridgehead atoms. The average Bonchev–Trinajstić information content (AvgIpc) is 2.83. The molecule has 0 aliphatic rings. The maximum absolute atomic E-state index is 11.3. The lowest BCUT2D eigenvalue weighted by Crippen LogP contribution is -1.97. The maximum atomic E-state index is 11.3. The molecule has 0 aliphatic heterocycles. The van der Waals surface area contributed by atoms with Crippen molar-refractivity contribution in [3.8, 4) is 17.0 Å². The second kappa shape index (κ2) is 4.88. The summed E-state index contributed by atoms with van der Waals surface area (Å²) in [5, 5.41) is 0. The first-order chi connectivity index (χ1) is 8.95. The minimum atomic E-state index is -0.0632. The lowest BCUT2D eigenvalue weighted by Gasteiger charge is -2.14. The van der Waals surface area contributed by atoms with E-state index in [1.165, 1.54) is 6.92 Å². The van der Waals surface area contributed by atoms with E-state index in [1.807, 2.05) is 19.9 Å². The van der Waals surface area contributed by atoms with Crippen molar-refractivity contribution in [3.05, 3.63) is 34.8 Å². The fourth-order valence-corrected chi connectivity index (χ4v) is 2.30. The Morgan fingerprint density at radius 1 is 1.26 bits per heavy atom. The van der Waals surface area contributed by atoms with Gasteiger partial charge in [-0.05, 0) is 43.5 Å². The van der Waals surface area contributed by atoms with Gasteiger partial charge in [-0.1, -0.05) is 0 Å². The van der Waals surface area contributed by atoms with Crippen LogP contribution in [0.2, 0.25) is 0 Å². The number of nitrogens with zero attached hydrogens (tertiary/aromatic N) is 1. The number of ether oxygens (including phenoxy) is 1. The fourth-order valence-electron chi connectivity index (χ4n) is 2.30. The van der Waals surface area contributed by atoms with Crippen LogP contribution in [0, 0.1) is 20.8 Å². The zero-order valence-corrected chi connectivity index (χ0v) is 11.9. The van der Waals surface area contributed by atoms with E-state index in [1.54, 1.807) is 13.3 Å². The van der Waals surface area contributed by atoms with Crippen LogP contribution in [0.5, 0.6) is 5.75 Å². The van der Waals surface area contributed by atoms with Gasteiger partial charge in [0.1, 0.15) is 5.75 Å². The maximum Gasteiger partial charge on any atom is 0.194 e. The van der Waals surface area contributed by atoms with Crippen molar-refractivity contribution >= 4 is 5.78 Å². The van der Waals surface area contributed by atoms with Crippen LogP contribution < -0.4 is 4.74 Å². The molecule has 1 aromatic carbocycles. The van der Waals surface area contributed by atoms with Crippen LogP contribution in [0.3, 0.4) is 0 Å². The molecule has 0 fully saturated rings. The zero-order valence-electron chi connectivity index (χ0n) is 11.9. The number of ketones is 1. The highest BCUT2D eigenvalue weighted by atomic mass is 16.5. The molecule has 0 atom stereocenters. The molecule has 0 aliphatic carbocycles. The molecule has 0 saturated heterocycles. The molecule has 4 nitrogen and oxygen atoms in total. The standard InChI is InChI=1S/C15H18N2O2/c1-8-6-13(19-5)9(2)10(3)14(8)12-7-16-15(17-12)11(4)18/h6-7H,1-5H3,(H,16,17). The number of hydrogen-bond donors (Lipinski definition) is 1. The number of imidazole rings is 1. The highest BCUT2D eigenvalue weighted by Crippen LogP contribution is 2.33. The van der Waals surface area contributed by atoms with Crippen molar-refractivity contribution in [2.45, 2.75) is 27.7 Å². The Labute approximate surface area is 112 Å². The van der Waals surface area contributed by atoms with Crippen LogP contribution in [-0.2, 0) is 0 Å². The molecule has 4 heteroatoms. The number of carbonyl (C=O) groups excluding carboxylic acids is 1. The molecule has 100 valence electrons. The molecule has 19 heavy (non-hydrogen) atoms. The number of aromatic nitrogens is 2. The van der Waals surface area contributed by atoms with Crippen LogP contribution in [0.1, 0.15) is 34.2 Å². The van der Waals surface area contributed by atoms with Crippen molar-refractivity contribution in [3.63, 3.8) is 0 Å². The number of aromatic amines is 1.